The lowest BCUT2D eigenvalue weighted by atomic mass is 10.1. The fourth-order valence-electron chi connectivity index (χ4n) is 2.67. The molecule has 1 heterocycles. The molecule has 0 fully saturated rings. The Bertz CT molecular complexity index is 1110. The van der Waals surface area contributed by atoms with E-state index in [1.165, 1.54) is 28.7 Å². The third-order valence-corrected chi connectivity index (χ3v) is 6.62. The standard InChI is InChI=1S/C20H14BrN3OS2/c21-16-7-3-4-8-17(16)22-18(25)12-26-20-19(23-24-27-20)15-10-9-13-5-1-2-6-14(13)11-15/h1-11H,12H2,(H,22,25). The number of hydrogen-bond donors (Lipinski definition) is 1. The second-order valence-electron chi connectivity index (χ2n) is 5.79. The average molecular weight is 456 g/mol. The summed E-state index contributed by atoms with van der Waals surface area (Å²) in [5.41, 5.74) is 2.60. The van der Waals surface area contributed by atoms with Crippen LogP contribution in [-0.2, 0) is 4.79 Å². The molecule has 1 amide bonds. The fourth-order valence-corrected chi connectivity index (χ4v) is 4.61. The van der Waals surface area contributed by atoms with E-state index in [0.717, 1.165) is 31.0 Å². The van der Waals surface area contributed by atoms with Crippen LogP contribution in [0.25, 0.3) is 22.0 Å². The van der Waals surface area contributed by atoms with Crippen molar-refractivity contribution in [2.75, 3.05) is 11.1 Å². The number of fused-ring (bicyclic) bond motifs is 1. The van der Waals surface area contributed by atoms with Crippen molar-refractivity contribution in [3.63, 3.8) is 0 Å². The third-order valence-electron chi connectivity index (χ3n) is 3.96. The zero-order valence-electron chi connectivity index (χ0n) is 14.1. The van der Waals surface area contributed by atoms with E-state index in [0.29, 0.717) is 5.75 Å². The van der Waals surface area contributed by atoms with Gasteiger partial charge in [0.25, 0.3) is 0 Å². The van der Waals surface area contributed by atoms with Crippen molar-refractivity contribution in [1.29, 1.82) is 0 Å². The predicted octanol–water partition coefficient (Wildman–Crippen LogP) is 5.85. The summed E-state index contributed by atoms with van der Waals surface area (Å²) in [7, 11) is 0. The summed E-state index contributed by atoms with van der Waals surface area (Å²) >= 11 is 6.20. The number of hydrogen-bond acceptors (Lipinski definition) is 5. The van der Waals surface area contributed by atoms with Crippen molar-refractivity contribution >= 4 is 61.6 Å². The summed E-state index contributed by atoms with van der Waals surface area (Å²) in [6.45, 7) is 0. The maximum Gasteiger partial charge on any atom is 0.234 e. The Morgan fingerprint density at radius 2 is 1.81 bits per heavy atom. The lowest BCUT2D eigenvalue weighted by Gasteiger charge is -2.07. The zero-order chi connectivity index (χ0) is 18.6. The lowest BCUT2D eigenvalue weighted by Crippen LogP contribution is -2.14. The van der Waals surface area contributed by atoms with Gasteiger partial charge in [0.05, 0.1) is 11.4 Å². The molecule has 27 heavy (non-hydrogen) atoms. The van der Waals surface area contributed by atoms with Gasteiger partial charge in [-0.3, -0.25) is 4.79 Å². The van der Waals surface area contributed by atoms with Crippen LogP contribution in [-0.4, -0.2) is 21.2 Å². The lowest BCUT2D eigenvalue weighted by molar-refractivity contribution is -0.113. The third kappa shape index (κ3) is 4.21. The molecule has 4 nitrogen and oxygen atoms in total. The summed E-state index contributed by atoms with van der Waals surface area (Å²) < 4.78 is 5.88. The second-order valence-corrected chi connectivity index (χ2v) is 8.64. The molecule has 0 aliphatic carbocycles. The van der Waals surface area contributed by atoms with Crippen LogP contribution in [0.2, 0.25) is 0 Å². The quantitative estimate of drug-likeness (QED) is 0.383. The van der Waals surface area contributed by atoms with Crippen molar-refractivity contribution in [2.24, 2.45) is 0 Å². The number of nitrogens with one attached hydrogen (secondary N) is 1. The zero-order valence-corrected chi connectivity index (χ0v) is 17.3. The first-order valence-electron chi connectivity index (χ1n) is 8.19. The number of carbonyl (C=O) groups is 1. The van der Waals surface area contributed by atoms with Crippen molar-refractivity contribution < 1.29 is 4.79 Å². The van der Waals surface area contributed by atoms with Gasteiger partial charge in [-0.2, -0.15) is 0 Å². The minimum Gasteiger partial charge on any atom is -0.324 e. The van der Waals surface area contributed by atoms with Crippen molar-refractivity contribution in [2.45, 2.75) is 4.21 Å². The Morgan fingerprint density at radius 3 is 2.67 bits per heavy atom. The summed E-state index contributed by atoms with van der Waals surface area (Å²) in [5, 5.41) is 9.54. The molecule has 0 radical (unpaired) electrons. The molecule has 0 saturated heterocycles. The highest BCUT2D eigenvalue weighted by Crippen LogP contribution is 2.34. The van der Waals surface area contributed by atoms with Crippen LogP contribution in [0, 0.1) is 0 Å². The number of rotatable bonds is 5. The Kier molecular flexibility index (Phi) is 5.52. The molecule has 7 heteroatoms. The highest BCUT2D eigenvalue weighted by Gasteiger charge is 2.14. The smallest absolute Gasteiger partial charge is 0.234 e. The first kappa shape index (κ1) is 18.2. The number of para-hydroxylation sites is 1. The van der Waals surface area contributed by atoms with E-state index in [9.17, 15) is 4.79 Å². The van der Waals surface area contributed by atoms with Gasteiger partial charge in [0, 0.05) is 10.0 Å². The minimum atomic E-state index is -0.0650. The summed E-state index contributed by atoms with van der Waals surface area (Å²) in [6, 6.07) is 22.0. The molecule has 0 aliphatic rings. The van der Waals surface area contributed by atoms with Crippen LogP contribution in [0.5, 0.6) is 0 Å². The summed E-state index contributed by atoms with van der Waals surface area (Å²) in [6.07, 6.45) is 0. The van der Waals surface area contributed by atoms with Gasteiger partial charge in [-0.15, -0.1) is 16.9 Å². The molecule has 0 saturated carbocycles. The van der Waals surface area contributed by atoms with Crippen LogP contribution >= 0.6 is 39.2 Å². The van der Waals surface area contributed by atoms with Crippen LogP contribution in [0.1, 0.15) is 0 Å². The van der Waals surface area contributed by atoms with Crippen LogP contribution in [0.3, 0.4) is 0 Å². The van der Waals surface area contributed by atoms with Crippen LogP contribution < -0.4 is 5.32 Å². The largest absolute Gasteiger partial charge is 0.324 e. The van der Waals surface area contributed by atoms with E-state index in [1.54, 1.807) is 0 Å². The van der Waals surface area contributed by atoms with Crippen LogP contribution in [0.4, 0.5) is 5.69 Å². The molecule has 0 atom stereocenters. The van der Waals surface area contributed by atoms with Gasteiger partial charge in [-0.1, -0.05) is 53.0 Å². The molecule has 3 aromatic carbocycles. The average Bonchev–Trinajstić information content (AvgIpc) is 3.16. The maximum atomic E-state index is 12.3. The molecule has 1 N–H and O–H groups in total. The first-order valence-corrected chi connectivity index (χ1v) is 10.7. The van der Waals surface area contributed by atoms with Gasteiger partial charge >= 0.3 is 0 Å². The van der Waals surface area contributed by atoms with Crippen LogP contribution in [0.15, 0.2) is 75.4 Å². The van der Waals surface area contributed by atoms with Gasteiger partial charge in [0.15, 0.2) is 0 Å². The van der Waals surface area contributed by atoms with Crippen molar-refractivity contribution in [3.05, 3.63) is 71.2 Å². The van der Waals surface area contributed by atoms with Gasteiger partial charge in [0.1, 0.15) is 9.90 Å². The predicted molar refractivity (Wildman–Crippen MR) is 116 cm³/mol. The Balaban J connectivity index is 1.48. The Morgan fingerprint density at radius 1 is 1.04 bits per heavy atom. The number of aromatic nitrogens is 2. The maximum absolute atomic E-state index is 12.3. The number of carbonyl (C=O) groups excluding carboxylic acids is 1. The van der Waals surface area contributed by atoms with E-state index in [2.05, 4.69) is 55.1 Å². The number of benzene rings is 3. The normalized spacial score (nSPS) is 10.9. The fraction of sp³-hybridized carbons (Fsp3) is 0.0500. The summed E-state index contributed by atoms with van der Waals surface area (Å²) in [5.74, 6) is 0.232. The van der Waals surface area contributed by atoms with E-state index in [1.807, 2.05) is 42.5 Å². The molecule has 1 aromatic heterocycles. The monoisotopic (exact) mass is 455 g/mol. The minimum absolute atomic E-state index is 0.0650. The molecule has 0 spiro atoms. The Labute approximate surface area is 173 Å². The number of amides is 1. The molecule has 4 rings (SSSR count). The topological polar surface area (TPSA) is 54.9 Å². The number of nitrogens with zero attached hydrogens (tertiary/aromatic N) is 2. The van der Waals surface area contributed by atoms with Gasteiger partial charge in [-0.25, -0.2) is 0 Å². The molecular formula is C20H14BrN3OS2. The van der Waals surface area contributed by atoms with Gasteiger partial charge < -0.3 is 5.32 Å². The molecule has 0 bridgehead atoms. The Hall–Kier alpha value is -2.22. The number of thioether (sulfide) groups is 1. The van der Waals surface area contributed by atoms with E-state index in [4.69, 9.17) is 0 Å². The number of anilines is 1. The molecule has 4 aromatic rings. The molecule has 0 aliphatic heterocycles. The van der Waals surface area contributed by atoms with E-state index >= 15 is 0 Å². The van der Waals surface area contributed by atoms with Gasteiger partial charge in [-0.05, 0) is 56.4 Å². The second kappa shape index (κ2) is 8.21. The van der Waals surface area contributed by atoms with Crippen molar-refractivity contribution in [3.8, 4) is 11.3 Å². The first-order chi connectivity index (χ1) is 13.2. The van der Waals surface area contributed by atoms with E-state index in [-0.39, 0.29) is 5.91 Å². The molecular weight excluding hydrogens is 442 g/mol. The van der Waals surface area contributed by atoms with Gasteiger partial charge in [0.2, 0.25) is 5.91 Å². The summed E-state index contributed by atoms with van der Waals surface area (Å²) in [4.78, 5) is 12.3. The van der Waals surface area contributed by atoms with E-state index < -0.39 is 0 Å². The SMILES string of the molecule is O=C(CSc1snnc1-c1ccc2ccccc2c1)Nc1ccccc1Br. The molecule has 134 valence electrons. The molecule has 0 unspecified atom stereocenters. The highest BCUT2D eigenvalue weighted by molar-refractivity contribution is 9.10. The number of halogens is 1. The van der Waals surface area contributed by atoms with Crippen molar-refractivity contribution in [1.82, 2.24) is 9.59 Å². The highest BCUT2D eigenvalue weighted by atomic mass is 79.9.